The van der Waals surface area contributed by atoms with Crippen molar-refractivity contribution < 1.29 is 18.8 Å². The van der Waals surface area contributed by atoms with Gasteiger partial charge in [0.2, 0.25) is 0 Å². The summed E-state index contributed by atoms with van der Waals surface area (Å²) >= 11 is 0. The molecule has 1 heterocycles. The van der Waals surface area contributed by atoms with Gasteiger partial charge in [0.25, 0.3) is 0 Å². The van der Waals surface area contributed by atoms with Crippen LogP contribution in [-0.2, 0) is 9.72 Å². The van der Waals surface area contributed by atoms with Crippen molar-refractivity contribution in [2.45, 2.75) is 19.0 Å². The lowest BCUT2D eigenvalue weighted by atomic mass is 10.1. The van der Waals surface area contributed by atoms with Crippen LogP contribution in [0.5, 0.6) is 0 Å². The monoisotopic (exact) mass is 219 g/mol. The van der Waals surface area contributed by atoms with E-state index in [0.717, 1.165) is 0 Å². The van der Waals surface area contributed by atoms with Crippen molar-refractivity contribution >= 4 is 13.5 Å². The van der Waals surface area contributed by atoms with Gasteiger partial charge in [-0.25, -0.2) is 0 Å². The largest absolute Gasteiger partial charge is 0.449 e. The number of furan rings is 1. The fourth-order valence-electron chi connectivity index (χ4n) is 1.14. The van der Waals surface area contributed by atoms with E-state index in [2.05, 4.69) is 5.32 Å². The molecule has 0 amide bonds. The lowest BCUT2D eigenvalue weighted by Gasteiger charge is -2.25. The van der Waals surface area contributed by atoms with Crippen molar-refractivity contribution in [3.05, 3.63) is 17.9 Å². The van der Waals surface area contributed by atoms with Crippen molar-refractivity contribution in [2.24, 2.45) is 0 Å². The van der Waals surface area contributed by atoms with Gasteiger partial charge in [0.05, 0.1) is 11.4 Å². The molecule has 0 spiro atoms. The van der Waals surface area contributed by atoms with Gasteiger partial charge in [0.15, 0.2) is 5.88 Å². The standard InChI is InChI=1S/C8H14NO4P/c1-8(2,14(10,11)12)6-4-5-13-7(6)9-3/h4-5,9H,1-3H3,(H2,10,11,12). The Morgan fingerprint density at radius 3 is 2.50 bits per heavy atom. The molecule has 0 aliphatic heterocycles. The highest BCUT2D eigenvalue weighted by molar-refractivity contribution is 7.53. The van der Waals surface area contributed by atoms with Gasteiger partial charge in [-0.05, 0) is 19.9 Å². The zero-order valence-electron chi connectivity index (χ0n) is 8.31. The van der Waals surface area contributed by atoms with E-state index in [0.29, 0.717) is 11.4 Å². The van der Waals surface area contributed by atoms with Crippen LogP contribution in [0.1, 0.15) is 19.4 Å². The van der Waals surface area contributed by atoms with E-state index >= 15 is 0 Å². The zero-order chi connectivity index (χ0) is 11.0. The van der Waals surface area contributed by atoms with Crippen molar-refractivity contribution in [1.29, 1.82) is 0 Å². The Hall–Kier alpha value is -0.770. The van der Waals surface area contributed by atoms with E-state index in [-0.39, 0.29) is 0 Å². The number of nitrogens with one attached hydrogen (secondary N) is 1. The van der Waals surface area contributed by atoms with Gasteiger partial charge >= 0.3 is 7.60 Å². The zero-order valence-corrected chi connectivity index (χ0v) is 9.21. The second-order valence-corrected chi connectivity index (χ2v) is 5.72. The van der Waals surface area contributed by atoms with Crippen LogP contribution in [0.15, 0.2) is 16.7 Å². The minimum absolute atomic E-state index is 0.387. The molecule has 6 heteroatoms. The summed E-state index contributed by atoms with van der Waals surface area (Å²) in [5, 5.41) is 1.51. The number of anilines is 1. The third-order valence-electron chi connectivity index (χ3n) is 2.28. The van der Waals surface area contributed by atoms with Crippen LogP contribution in [0, 0.1) is 0 Å². The Morgan fingerprint density at radius 1 is 1.50 bits per heavy atom. The molecule has 0 unspecified atom stereocenters. The molecule has 0 aromatic carbocycles. The van der Waals surface area contributed by atoms with Gasteiger partial charge in [-0.15, -0.1) is 0 Å². The minimum Gasteiger partial charge on any atom is -0.449 e. The van der Waals surface area contributed by atoms with Crippen LogP contribution < -0.4 is 5.32 Å². The summed E-state index contributed by atoms with van der Waals surface area (Å²) in [5.74, 6) is 0.387. The molecular weight excluding hydrogens is 205 g/mol. The predicted octanol–water partition coefficient (Wildman–Crippen LogP) is 1.73. The Morgan fingerprint density at radius 2 is 2.07 bits per heavy atom. The summed E-state index contributed by atoms with van der Waals surface area (Å²) in [5.41, 5.74) is 0.480. The fourth-order valence-corrected chi connectivity index (χ4v) is 1.63. The number of hydrogen-bond acceptors (Lipinski definition) is 3. The van der Waals surface area contributed by atoms with E-state index in [1.54, 1.807) is 13.1 Å². The minimum atomic E-state index is -4.20. The maximum atomic E-state index is 11.2. The molecule has 0 bridgehead atoms. The second-order valence-electron chi connectivity index (χ2n) is 3.52. The highest BCUT2D eigenvalue weighted by Gasteiger charge is 2.42. The molecule has 0 saturated heterocycles. The average molecular weight is 219 g/mol. The van der Waals surface area contributed by atoms with Gasteiger partial charge < -0.3 is 19.5 Å². The van der Waals surface area contributed by atoms with E-state index in [4.69, 9.17) is 4.42 Å². The number of rotatable bonds is 3. The molecule has 3 N–H and O–H groups in total. The van der Waals surface area contributed by atoms with Gasteiger partial charge in [-0.1, -0.05) is 0 Å². The van der Waals surface area contributed by atoms with Gasteiger partial charge in [-0.2, -0.15) is 0 Å². The van der Waals surface area contributed by atoms with E-state index in [1.807, 2.05) is 0 Å². The molecular formula is C8H14NO4P. The molecule has 0 aliphatic rings. The molecule has 0 atom stereocenters. The Labute approximate surface area is 82.3 Å². The molecule has 5 nitrogen and oxygen atoms in total. The lowest BCUT2D eigenvalue weighted by Crippen LogP contribution is -2.17. The summed E-state index contributed by atoms with van der Waals surface area (Å²) in [6.45, 7) is 2.97. The highest BCUT2D eigenvalue weighted by atomic mass is 31.2. The smallest absolute Gasteiger partial charge is 0.335 e. The summed E-state index contributed by atoms with van der Waals surface area (Å²) in [6.07, 6.45) is 1.40. The second kappa shape index (κ2) is 3.42. The summed E-state index contributed by atoms with van der Waals surface area (Å²) < 4.78 is 16.3. The van der Waals surface area contributed by atoms with Crippen molar-refractivity contribution in [3.63, 3.8) is 0 Å². The number of hydrogen-bond donors (Lipinski definition) is 3. The molecule has 1 aromatic rings. The maximum absolute atomic E-state index is 11.2. The molecule has 0 saturated carbocycles. The third-order valence-corrected chi connectivity index (χ3v) is 3.98. The van der Waals surface area contributed by atoms with Crippen LogP contribution in [0.3, 0.4) is 0 Å². The molecule has 14 heavy (non-hydrogen) atoms. The maximum Gasteiger partial charge on any atom is 0.335 e. The van der Waals surface area contributed by atoms with E-state index in [9.17, 15) is 14.4 Å². The molecule has 80 valence electrons. The quantitative estimate of drug-likeness (QED) is 0.674. The van der Waals surface area contributed by atoms with Crippen LogP contribution in [-0.4, -0.2) is 16.8 Å². The molecule has 0 aliphatic carbocycles. The first-order valence-electron chi connectivity index (χ1n) is 4.12. The molecule has 1 rings (SSSR count). The Bertz CT molecular complexity index is 365. The SMILES string of the molecule is CNc1occc1C(C)(C)P(=O)(O)O. The Kier molecular flexibility index (Phi) is 2.76. The molecule has 0 radical (unpaired) electrons. The van der Waals surface area contributed by atoms with E-state index in [1.165, 1.54) is 20.1 Å². The topological polar surface area (TPSA) is 82.7 Å². The van der Waals surface area contributed by atoms with Crippen LogP contribution in [0.2, 0.25) is 0 Å². The van der Waals surface area contributed by atoms with Crippen LogP contribution in [0.25, 0.3) is 0 Å². The van der Waals surface area contributed by atoms with Crippen molar-refractivity contribution in [3.8, 4) is 0 Å². The summed E-state index contributed by atoms with van der Waals surface area (Å²) in [4.78, 5) is 18.4. The lowest BCUT2D eigenvalue weighted by molar-refractivity contribution is 0.337. The Balaban J connectivity index is 3.23. The first-order chi connectivity index (χ1) is 6.30. The average Bonchev–Trinajstić information content (AvgIpc) is 2.49. The first kappa shape index (κ1) is 11.3. The first-order valence-corrected chi connectivity index (χ1v) is 5.73. The fraction of sp³-hybridized carbons (Fsp3) is 0.500. The predicted molar refractivity (Wildman–Crippen MR) is 53.3 cm³/mol. The molecule has 1 aromatic heterocycles. The van der Waals surface area contributed by atoms with Crippen molar-refractivity contribution in [2.75, 3.05) is 12.4 Å². The van der Waals surface area contributed by atoms with Gasteiger partial charge in [-0.3, -0.25) is 4.57 Å². The molecule has 0 fully saturated rings. The highest BCUT2D eigenvalue weighted by Crippen LogP contribution is 2.58. The summed E-state index contributed by atoms with van der Waals surface area (Å²) in [7, 11) is -2.56. The summed E-state index contributed by atoms with van der Waals surface area (Å²) in [6, 6.07) is 1.56. The van der Waals surface area contributed by atoms with Gasteiger partial charge in [0, 0.05) is 12.6 Å². The third kappa shape index (κ3) is 1.71. The van der Waals surface area contributed by atoms with Crippen LogP contribution in [0.4, 0.5) is 5.88 Å². The van der Waals surface area contributed by atoms with Crippen LogP contribution >= 0.6 is 7.60 Å². The normalized spacial score (nSPS) is 12.9. The van der Waals surface area contributed by atoms with Gasteiger partial charge in [0.1, 0.15) is 0 Å². The van der Waals surface area contributed by atoms with Crippen molar-refractivity contribution in [1.82, 2.24) is 0 Å². The van der Waals surface area contributed by atoms with E-state index < -0.39 is 12.8 Å².